The summed E-state index contributed by atoms with van der Waals surface area (Å²) in [5, 5.41) is 3.27. The molecule has 21 heavy (non-hydrogen) atoms. The predicted molar refractivity (Wildman–Crippen MR) is 84.6 cm³/mol. The number of amides is 1. The molecule has 114 valence electrons. The predicted octanol–water partition coefficient (Wildman–Crippen LogP) is 3.16. The first kappa shape index (κ1) is 14.6. The highest BCUT2D eigenvalue weighted by molar-refractivity contribution is 5.77. The molecule has 0 spiro atoms. The maximum atomic E-state index is 12.4. The zero-order chi connectivity index (χ0) is 14.7. The van der Waals surface area contributed by atoms with E-state index in [9.17, 15) is 4.79 Å². The first-order chi connectivity index (χ1) is 10.2. The maximum absolute atomic E-state index is 12.4. The molecule has 1 aromatic carbocycles. The monoisotopic (exact) mass is 286 g/mol. The van der Waals surface area contributed by atoms with Crippen molar-refractivity contribution in [2.45, 2.75) is 57.0 Å². The highest BCUT2D eigenvalue weighted by atomic mass is 16.1. The van der Waals surface area contributed by atoms with Gasteiger partial charge in [-0.05, 0) is 43.1 Å². The van der Waals surface area contributed by atoms with Gasteiger partial charge in [-0.25, -0.2) is 0 Å². The van der Waals surface area contributed by atoms with Crippen molar-refractivity contribution < 1.29 is 4.79 Å². The Kier molecular flexibility index (Phi) is 4.59. The molecule has 3 atom stereocenters. The number of nitrogens with two attached hydrogens (primary N) is 1. The molecule has 0 aromatic heterocycles. The summed E-state index contributed by atoms with van der Waals surface area (Å²) in [6.07, 6.45) is 7.66. The molecule has 2 aliphatic rings. The molecule has 1 aromatic rings. The van der Waals surface area contributed by atoms with Crippen LogP contribution in [0.3, 0.4) is 0 Å². The third-order valence-electron chi connectivity index (χ3n) is 4.98. The Bertz CT molecular complexity index is 469. The van der Waals surface area contributed by atoms with Gasteiger partial charge in [-0.2, -0.15) is 0 Å². The number of nitrogens with one attached hydrogen (secondary N) is 1. The topological polar surface area (TPSA) is 55.1 Å². The van der Waals surface area contributed by atoms with Crippen LogP contribution in [0.25, 0.3) is 0 Å². The maximum Gasteiger partial charge on any atom is 0.220 e. The van der Waals surface area contributed by atoms with E-state index < -0.39 is 0 Å². The fourth-order valence-electron chi connectivity index (χ4n) is 3.52. The molecular weight excluding hydrogens is 260 g/mol. The molecule has 3 rings (SSSR count). The molecule has 3 N–H and O–H groups in total. The Balaban J connectivity index is 1.59. The van der Waals surface area contributed by atoms with Crippen LogP contribution in [0.2, 0.25) is 0 Å². The Morgan fingerprint density at radius 2 is 1.86 bits per heavy atom. The van der Waals surface area contributed by atoms with Gasteiger partial charge in [-0.15, -0.1) is 0 Å². The van der Waals surface area contributed by atoms with Crippen LogP contribution in [0.4, 0.5) is 0 Å². The van der Waals surface area contributed by atoms with E-state index in [0.717, 1.165) is 12.8 Å². The molecule has 3 heteroatoms. The third-order valence-corrected chi connectivity index (χ3v) is 4.98. The molecule has 1 amide bonds. The summed E-state index contributed by atoms with van der Waals surface area (Å²) in [5.41, 5.74) is 7.40. The van der Waals surface area contributed by atoms with Crippen molar-refractivity contribution in [2.75, 3.05) is 0 Å². The van der Waals surface area contributed by atoms with Gasteiger partial charge in [0, 0.05) is 12.5 Å². The summed E-state index contributed by atoms with van der Waals surface area (Å²) in [6, 6.07) is 10.8. The number of carbonyl (C=O) groups is 1. The van der Waals surface area contributed by atoms with Crippen LogP contribution in [0.1, 0.15) is 56.6 Å². The summed E-state index contributed by atoms with van der Waals surface area (Å²) in [6.45, 7) is 0. The van der Waals surface area contributed by atoms with Gasteiger partial charge in [0.1, 0.15) is 0 Å². The normalized spacial score (nSPS) is 27.1. The van der Waals surface area contributed by atoms with Crippen LogP contribution in [-0.2, 0) is 4.79 Å². The quantitative estimate of drug-likeness (QED) is 0.873. The Labute approximate surface area is 127 Å². The summed E-state index contributed by atoms with van der Waals surface area (Å²) in [7, 11) is 0. The zero-order valence-corrected chi connectivity index (χ0v) is 12.6. The molecule has 2 fully saturated rings. The van der Waals surface area contributed by atoms with E-state index in [1.165, 1.54) is 31.2 Å². The van der Waals surface area contributed by atoms with E-state index in [1.807, 2.05) is 18.2 Å². The van der Waals surface area contributed by atoms with Crippen molar-refractivity contribution in [1.29, 1.82) is 0 Å². The van der Waals surface area contributed by atoms with Crippen molar-refractivity contribution in [3.8, 4) is 0 Å². The molecule has 0 heterocycles. The summed E-state index contributed by atoms with van der Waals surface area (Å²) in [5.74, 6) is 1.17. The van der Waals surface area contributed by atoms with E-state index in [2.05, 4.69) is 17.4 Å². The average molecular weight is 286 g/mol. The van der Waals surface area contributed by atoms with Gasteiger partial charge >= 0.3 is 0 Å². The van der Waals surface area contributed by atoms with Crippen molar-refractivity contribution in [2.24, 2.45) is 17.6 Å². The molecule has 2 saturated carbocycles. The first-order valence-electron chi connectivity index (χ1n) is 8.34. The molecule has 0 aliphatic heterocycles. The minimum atomic E-state index is 0.179. The molecule has 0 bridgehead atoms. The largest absolute Gasteiger partial charge is 0.349 e. The molecule has 2 aliphatic carbocycles. The second-order valence-electron chi connectivity index (χ2n) is 6.71. The van der Waals surface area contributed by atoms with Crippen LogP contribution in [0.15, 0.2) is 30.3 Å². The van der Waals surface area contributed by atoms with E-state index in [1.54, 1.807) is 0 Å². The van der Waals surface area contributed by atoms with Gasteiger partial charge in [0.05, 0.1) is 6.04 Å². The summed E-state index contributed by atoms with van der Waals surface area (Å²) < 4.78 is 0. The second kappa shape index (κ2) is 6.61. The van der Waals surface area contributed by atoms with Crippen LogP contribution < -0.4 is 11.1 Å². The second-order valence-corrected chi connectivity index (χ2v) is 6.71. The number of benzene rings is 1. The molecule has 3 nitrogen and oxygen atoms in total. The van der Waals surface area contributed by atoms with Gasteiger partial charge < -0.3 is 11.1 Å². The highest BCUT2D eigenvalue weighted by Crippen LogP contribution is 2.41. The zero-order valence-electron chi connectivity index (χ0n) is 12.6. The fourth-order valence-corrected chi connectivity index (χ4v) is 3.52. The van der Waals surface area contributed by atoms with E-state index >= 15 is 0 Å². The standard InChI is InChI=1S/C18H26N2O/c19-16-9-5-4-8-15(16)12-17(21)20-18(14-10-11-14)13-6-2-1-3-7-13/h1-3,6-7,14-16,18H,4-5,8-12,19H2,(H,20,21). The van der Waals surface area contributed by atoms with Gasteiger partial charge in [0.15, 0.2) is 0 Å². The summed E-state index contributed by atoms with van der Waals surface area (Å²) >= 11 is 0. The van der Waals surface area contributed by atoms with Crippen LogP contribution in [0.5, 0.6) is 0 Å². The van der Waals surface area contributed by atoms with Crippen LogP contribution in [0, 0.1) is 11.8 Å². The minimum absolute atomic E-state index is 0.179. The minimum Gasteiger partial charge on any atom is -0.349 e. The summed E-state index contributed by atoms with van der Waals surface area (Å²) in [4.78, 5) is 12.4. The number of carbonyl (C=O) groups excluding carboxylic acids is 1. The molecule has 3 unspecified atom stereocenters. The van der Waals surface area contributed by atoms with Gasteiger partial charge in [-0.3, -0.25) is 4.79 Å². The molecule has 0 radical (unpaired) electrons. The Morgan fingerprint density at radius 1 is 1.14 bits per heavy atom. The average Bonchev–Trinajstić information content (AvgIpc) is 3.33. The number of hydrogen-bond acceptors (Lipinski definition) is 2. The molecular formula is C18H26N2O. The smallest absolute Gasteiger partial charge is 0.220 e. The first-order valence-corrected chi connectivity index (χ1v) is 8.34. The number of hydrogen-bond donors (Lipinski definition) is 2. The Hall–Kier alpha value is -1.35. The van der Waals surface area contributed by atoms with Crippen molar-refractivity contribution in [3.05, 3.63) is 35.9 Å². The number of rotatable bonds is 5. The third kappa shape index (κ3) is 3.85. The SMILES string of the molecule is NC1CCCCC1CC(=O)NC(c1ccccc1)C1CC1. The Morgan fingerprint density at radius 3 is 2.52 bits per heavy atom. The lowest BCUT2D eigenvalue weighted by Crippen LogP contribution is -2.38. The van der Waals surface area contributed by atoms with E-state index in [4.69, 9.17) is 5.73 Å². The van der Waals surface area contributed by atoms with Gasteiger partial charge in [-0.1, -0.05) is 43.2 Å². The van der Waals surface area contributed by atoms with Gasteiger partial charge in [0.2, 0.25) is 5.91 Å². The van der Waals surface area contributed by atoms with Crippen molar-refractivity contribution in [3.63, 3.8) is 0 Å². The van der Waals surface area contributed by atoms with Crippen molar-refractivity contribution in [1.82, 2.24) is 5.32 Å². The van der Waals surface area contributed by atoms with E-state index in [-0.39, 0.29) is 18.0 Å². The lowest BCUT2D eigenvalue weighted by molar-refractivity contribution is -0.123. The van der Waals surface area contributed by atoms with Crippen LogP contribution in [-0.4, -0.2) is 11.9 Å². The van der Waals surface area contributed by atoms with E-state index in [0.29, 0.717) is 18.3 Å². The molecule has 0 saturated heterocycles. The fraction of sp³-hybridized carbons (Fsp3) is 0.611. The lowest BCUT2D eigenvalue weighted by atomic mass is 9.83. The van der Waals surface area contributed by atoms with Crippen molar-refractivity contribution >= 4 is 5.91 Å². The van der Waals surface area contributed by atoms with Crippen LogP contribution >= 0.6 is 0 Å². The highest BCUT2D eigenvalue weighted by Gasteiger charge is 2.34. The van der Waals surface area contributed by atoms with Gasteiger partial charge in [0.25, 0.3) is 0 Å². The lowest BCUT2D eigenvalue weighted by Gasteiger charge is -2.29.